The maximum atomic E-state index is 12.7. The van der Waals surface area contributed by atoms with Crippen LogP contribution in [0.15, 0.2) is 48.7 Å². The van der Waals surface area contributed by atoms with Gasteiger partial charge >= 0.3 is 0 Å². The lowest BCUT2D eigenvalue weighted by Crippen LogP contribution is -2.49. The standard InChI is InChI=1S/C22H22ClN5O3/c1-30-18-7-5-15(14-19(18)31-2)17-6-8-20(26-25-17)27-10-12-28(13-11-27)22(29)16-4-3-9-24-21(16)23/h3-9,14H,10-13H2,1-2H3. The number of pyridine rings is 1. The van der Waals surface area contributed by atoms with Crippen molar-refractivity contribution in [1.82, 2.24) is 20.1 Å². The smallest absolute Gasteiger partial charge is 0.257 e. The number of rotatable bonds is 5. The number of benzene rings is 1. The van der Waals surface area contributed by atoms with E-state index in [0.29, 0.717) is 43.2 Å². The van der Waals surface area contributed by atoms with Gasteiger partial charge in [-0.2, -0.15) is 0 Å². The highest BCUT2D eigenvalue weighted by Crippen LogP contribution is 2.31. The molecule has 0 unspecified atom stereocenters. The largest absolute Gasteiger partial charge is 0.493 e. The highest BCUT2D eigenvalue weighted by atomic mass is 35.5. The third-order valence-electron chi connectivity index (χ3n) is 5.21. The number of ether oxygens (including phenoxy) is 2. The van der Waals surface area contributed by atoms with Gasteiger partial charge in [0, 0.05) is 37.9 Å². The molecule has 1 aromatic carbocycles. The molecule has 1 aliphatic rings. The van der Waals surface area contributed by atoms with E-state index >= 15 is 0 Å². The minimum atomic E-state index is -0.104. The first-order chi connectivity index (χ1) is 15.1. The molecule has 0 spiro atoms. The van der Waals surface area contributed by atoms with Crippen LogP contribution in [-0.4, -0.2) is 66.4 Å². The summed E-state index contributed by atoms with van der Waals surface area (Å²) in [5.74, 6) is 1.97. The molecular formula is C22H22ClN5O3. The normalized spacial score (nSPS) is 13.8. The number of nitrogens with zero attached hydrogens (tertiary/aromatic N) is 5. The first-order valence-corrected chi connectivity index (χ1v) is 10.2. The molecule has 0 saturated carbocycles. The molecule has 0 N–H and O–H groups in total. The number of carbonyl (C=O) groups excluding carboxylic acids is 1. The summed E-state index contributed by atoms with van der Waals surface area (Å²) >= 11 is 6.06. The van der Waals surface area contributed by atoms with Crippen molar-refractivity contribution in [2.75, 3.05) is 45.3 Å². The van der Waals surface area contributed by atoms with Gasteiger partial charge in [0.05, 0.1) is 25.5 Å². The Morgan fingerprint density at radius 3 is 2.39 bits per heavy atom. The van der Waals surface area contributed by atoms with E-state index < -0.39 is 0 Å². The lowest BCUT2D eigenvalue weighted by Gasteiger charge is -2.35. The van der Waals surface area contributed by atoms with E-state index in [4.69, 9.17) is 21.1 Å². The van der Waals surface area contributed by atoms with E-state index in [1.807, 2.05) is 30.3 Å². The average molecular weight is 440 g/mol. The molecule has 1 aliphatic heterocycles. The third-order valence-corrected chi connectivity index (χ3v) is 5.51. The average Bonchev–Trinajstić information content (AvgIpc) is 2.83. The highest BCUT2D eigenvalue weighted by Gasteiger charge is 2.24. The lowest BCUT2D eigenvalue weighted by atomic mass is 10.1. The predicted octanol–water partition coefficient (Wildman–Crippen LogP) is 3.17. The van der Waals surface area contributed by atoms with Crippen LogP contribution in [0.3, 0.4) is 0 Å². The molecule has 1 fully saturated rings. The van der Waals surface area contributed by atoms with Crippen LogP contribution in [0.25, 0.3) is 11.3 Å². The summed E-state index contributed by atoms with van der Waals surface area (Å²) in [5.41, 5.74) is 2.06. The maximum Gasteiger partial charge on any atom is 0.257 e. The third kappa shape index (κ3) is 4.39. The molecule has 4 rings (SSSR count). The van der Waals surface area contributed by atoms with Crippen molar-refractivity contribution in [1.29, 1.82) is 0 Å². The Balaban J connectivity index is 1.42. The summed E-state index contributed by atoms with van der Waals surface area (Å²) < 4.78 is 10.6. The fourth-order valence-corrected chi connectivity index (χ4v) is 3.70. The summed E-state index contributed by atoms with van der Waals surface area (Å²) in [6.07, 6.45) is 1.57. The van der Waals surface area contributed by atoms with Crippen molar-refractivity contribution in [2.45, 2.75) is 0 Å². The summed E-state index contributed by atoms with van der Waals surface area (Å²) in [5, 5.41) is 8.99. The molecule has 0 radical (unpaired) electrons. The number of hydrogen-bond acceptors (Lipinski definition) is 7. The zero-order chi connectivity index (χ0) is 21.8. The molecule has 3 heterocycles. The van der Waals surface area contributed by atoms with Gasteiger partial charge in [0.25, 0.3) is 5.91 Å². The van der Waals surface area contributed by atoms with Crippen LogP contribution >= 0.6 is 11.6 Å². The number of hydrogen-bond donors (Lipinski definition) is 0. The second-order valence-corrected chi connectivity index (χ2v) is 7.33. The summed E-state index contributed by atoms with van der Waals surface area (Å²) in [6, 6.07) is 12.9. The van der Waals surface area contributed by atoms with Crippen molar-refractivity contribution < 1.29 is 14.3 Å². The van der Waals surface area contributed by atoms with Crippen LogP contribution < -0.4 is 14.4 Å². The van der Waals surface area contributed by atoms with Gasteiger partial charge in [-0.1, -0.05) is 11.6 Å². The van der Waals surface area contributed by atoms with Gasteiger partial charge in [0.2, 0.25) is 0 Å². The monoisotopic (exact) mass is 439 g/mol. The van der Waals surface area contributed by atoms with Crippen LogP contribution in [0.5, 0.6) is 11.5 Å². The molecule has 9 heteroatoms. The topological polar surface area (TPSA) is 80.7 Å². The van der Waals surface area contributed by atoms with Gasteiger partial charge in [-0.3, -0.25) is 4.79 Å². The number of carbonyl (C=O) groups is 1. The van der Waals surface area contributed by atoms with Crippen LogP contribution in [-0.2, 0) is 0 Å². The second-order valence-electron chi connectivity index (χ2n) is 6.97. The fraction of sp³-hybridized carbons (Fsp3) is 0.273. The molecule has 160 valence electrons. The Hall–Kier alpha value is -3.39. The Morgan fingerprint density at radius 2 is 1.74 bits per heavy atom. The van der Waals surface area contributed by atoms with Crippen molar-refractivity contribution >= 4 is 23.3 Å². The number of methoxy groups -OCH3 is 2. The van der Waals surface area contributed by atoms with Gasteiger partial charge < -0.3 is 19.3 Å². The molecule has 0 atom stereocenters. The second kappa shape index (κ2) is 9.18. The number of amides is 1. The summed E-state index contributed by atoms with van der Waals surface area (Å²) in [6.45, 7) is 2.47. The lowest BCUT2D eigenvalue weighted by molar-refractivity contribution is 0.0746. The molecule has 2 aromatic heterocycles. The molecule has 1 saturated heterocycles. The number of anilines is 1. The van der Waals surface area contributed by atoms with Gasteiger partial charge in [-0.05, 0) is 42.5 Å². The molecule has 8 nitrogen and oxygen atoms in total. The van der Waals surface area contributed by atoms with Crippen molar-refractivity contribution in [3.8, 4) is 22.8 Å². The predicted molar refractivity (Wildman–Crippen MR) is 118 cm³/mol. The van der Waals surface area contributed by atoms with Crippen LogP contribution in [0.2, 0.25) is 5.15 Å². The van der Waals surface area contributed by atoms with Gasteiger partial charge in [0.1, 0.15) is 5.15 Å². The van der Waals surface area contributed by atoms with E-state index in [-0.39, 0.29) is 11.1 Å². The SMILES string of the molecule is COc1ccc(-c2ccc(N3CCN(C(=O)c4cccnc4Cl)CC3)nn2)cc1OC. The molecule has 0 bridgehead atoms. The first kappa shape index (κ1) is 20.9. The van der Waals surface area contributed by atoms with E-state index in [1.54, 1.807) is 37.4 Å². The van der Waals surface area contributed by atoms with Gasteiger partial charge in [-0.25, -0.2) is 4.98 Å². The molecule has 3 aromatic rings. The minimum absolute atomic E-state index is 0.104. The van der Waals surface area contributed by atoms with Crippen molar-refractivity contribution in [2.24, 2.45) is 0 Å². The minimum Gasteiger partial charge on any atom is -0.493 e. The van der Waals surface area contributed by atoms with E-state index in [1.165, 1.54) is 0 Å². The highest BCUT2D eigenvalue weighted by molar-refractivity contribution is 6.32. The summed E-state index contributed by atoms with van der Waals surface area (Å²) in [4.78, 5) is 20.6. The summed E-state index contributed by atoms with van der Waals surface area (Å²) in [7, 11) is 3.20. The Morgan fingerprint density at radius 1 is 0.968 bits per heavy atom. The molecular weight excluding hydrogens is 418 g/mol. The Bertz CT molecular complexity index is 1070. The van der Waals surface area contributed by atoms with E-state index in [2.05, 4.69) is 20.1 Å². The molecule has 0 aliphatic carbocycles. The van der Waals surface area contributed by atoms with Crippen LogP contribution in [0.1, 0.15) is 10.4 Å². The van der Waals surface area contributed by atoms with Crippen molar-refractivity contribution in [3.63, 3.8) is 0 Å². The Kier molecular flexibility index (Phi) is 6.18. The van der Waals surface area contributed by atoms with Crippen LogP contribution in [0.4, 0.5) is 5.82 Å². The maximum absolute atomic E-state index is 12.7. The van der Waals surface area contributed by atoms with Crippen molar-refractivity contribution in [3.05, 3.63) is 59.4 Å². The molecule has 31 heavy (non-hydrogen) atoms. The van der Waals surface area contributed by atoms with E-state index in [0.717, 1.165) is 17.1 Å². The number of halogens is 1. The fourth-order valence-electron chi connectivity index (χ4n) is 3.50. The van der Waals surface area contributed by atoms with Crippen LogP contribution in [0, 0.1) is 0 Å². The first-order valence-electron chi connectivity index (χ1n) is 9.81. The zero-order valence-corrected chi connectivity index (χ0v) is 18.0. The molecule has 1 amide bonds. The van der Waals surface area contributed by atoms with E-state index in [9.17, 15) is 4.79 Å². The van der Waals surface area contributed by atoms with Gasteiger partial charge in [0.15, 0.2) is 17.3 Å². The number of piperazine rings is 1. The quantitative estimate of drug-likeness (QED) is 0.565. The number of aromatic nitrogens is 3. The Labute approximate surface area is 185 Å². The van der Waals surface area contributed by atoms with Gasteiger partial charge in [-0.15, -0.1) is 10.2 Å². The zero-order valence-electron chi connectivity index (χ0n) is 17.3.